The Morgan fingerprint density at radius 1 is 1.13 bits per heavy atom. The second-order valence-corrected chi connectivity index (χ2v) is 11.6. The van der Waals surface area contributed by atoms with Gasteiger partial charge in [-0.1, -0.05) is 11.6 Å². The number of aromatic nitrogens is 2. The van der Waals surface area contributed by atoms with Gasteiger partial charge < -0.3 is 19.7 Å². The topological polar surface area (TPSA) is 85.7 Å². The van der Waals surface area contributed by atoms with Crippen LogP contribution in [0.5, 0.6) is 5.88 Å². The number of nitrogens with zero attached hydrogens (tertiary/aromatic N) is 3. The fourth-order valence-corrected chi connectivity index (χ4v) is 7.60. The zero-order valence-electron chi connectivity index (χ0n) is 20.3. The standard InChI is InChI=1S/C24H22ClF5N4O4S/c1-37-13-10-34-20-14(21(32-22(34)35)38-23(36)33-4-2-31-3-5-33)6-12(24(28,29)30)7-19(20)39(11-13)18-8-15(25)16(26)9-17(18)27/h6-9,13,31,39H,2-5,10-11H2,1H3. The fourth-order valence-electron chi connectivity index (χ4n) is 4.64. The van der Waals surface area contributed by atoms with Gasteiger partial charge in [-0.05, 0) is 18.2 Å². The van der Waals surface area contributed by atoms with E-state index in [2.05, 4.69) is 10.3 Å². The third-order valence-electron chi connectivity index (χ3n) is 6.58. The zero-order chi connectivity index (χ0) is 28.1. The number of carbonyl (C=O) groups is 1. The van der Waals surface area contributed by atoms with E-state index < -0.39 is 63.1 Å². The summed E-state index contributed by atoms with van der Waals surface area (Å²) in [7, 11) is -0.662. The maximum absolute atomic E-state index is 15.1. The van der Waals surface area contributed by atoms with Gasteiger partial charge in [-0.2, -0.15) is 29.1 Å². The number of methoxy groups -OCH3 is 1. The number of alkyl halides is 3. The molecule has 3 aromatic rings. The van der Waals surface area contributed by atoms with Crippen molar-refractivity contribution >= 4 is 39.5 Å². The van der Waals surface area contributed by atoms with Crippen LogP contribution in [-0.2, 0) is 17.5 Å². The molecule has 2 aromatic carbocycles. The number of piperazine rings is 1. The van der Waals surface area contributed by atoms with Crippen molar-refractivity contribution < 1.29 is 36.2 Å². The molecule has 1 fully saturated rings. The van der Waals surface area contributed by atoms with Gasteiger partial charge in [-0.15, -0.1) is 0 Å². The molecular weight excluding hydrogens is 571 g/mol. The molecule has 0 radical (unpaired) electrons. The fraction of sp³-hybridized carbons (Fsp3) is 0.375. The van der Waals surface area contributed by atoms with Crippen molar-refractivity contribution in [2.24, 2.45) is 0 Å². The van der Waals surface area contributed by atoms with E-state index in [1.807, 2.05) is 0 Å². The summed E-state index contributed by atoms with van der Waals surface area (Å²) in [6.07, 6.45) is -6.46. The number of benzene rings is 2. The molecular formula is C24H22ClF5N4O4S. The first-order valence-electron chi connectivity index (χ1n) is 11.8. The largest absolute Gasteiger partial charge is 0.416 e. The molecule has 1 saturated heterocycles. The highest BCUT2D eigenvalue weighted by Crippen LogP contribution is 2.53. The van der Waals surface area contributed by atoms with Crippen LogP contribution in [0, 0.1) is 11.6 Å². The maximum atomic E-state index is 15.1. The molecule has 2 atom stereocenters. The predicted molar refractivity (Wildman–Crippen MR) is 134 cm³/mol. The van der Waals surface area contributed by atoms with E-state index in [0.29, 0.717) is 19.2 Å². The summed E-state index contributed by atoms with van der Waals surface area (Å²) < 4.78 is 83.4. The Bertz CT molecular complexity index is 1510. The molecule has 5 rings (SSSR count). The van der Waals surface area contributed by atoms with Gasteiger partial charge in [0.05, 0.1) is 34.1 Å². The van der Waals surface area contributed by atoms with Crippen molar-refractivity contribution in [3.05, 3.63) is 57.0 Å². The quantitative estimate of drug-likeness (QED) is 0.269. The molecule has 0 bridgehead atoms. The van der Waals surface area contributed by atoms with Crippen molar-refractivity contribution in [2.75, 3.05) is 39.0 Å². The Morgan fingerprint density at radius 2 is 1.85 bits per heavy atom. The lowest BCUT2D eigenvalue weighted by molar-refractivity contribution is -0.137. The van der Waals surface area contributed by atoms with Crippen molar-refractivity contribution in [1.82, 2.24) is 19.8 Å². The molecule has 2 aliphatic rings. The molecule has 39 heavy (non-hydrogen) atoms. The highest BCUT2D eigenvalue weighted by Gasteiger charge is 2.36. The number of amides is 1. The Kier molecular flexibility index (Phi) is 7.48. The first-order chi connectivity index (χ1) is 18.5. The summed E-state index contributed by atoms with van der Waals surface area (Å²) in [5.74, 6) is -2.62. The van der Waals surface area contributed by atoms with Crippen molar-refractivity contribution in [1.29, 1.82) is 0 Å². The van der Waals surface area contributed by atoms with E-state index in [1.54, 1.807) is 0 Å². The monoisotopic (exact) mass is 592 g/mol. The molecule has 2 aliphatic heterocycles. The average molecular weight is 593 g/mol. The highest BCUT2D eigenvalue weighted by atomic mass is 35.5. The molecule has 1 N–H and O–H groups in total. The Morgan fingerprint density at radius 3 is 2.51 bits per heavy atom. The van der Waals surface area contributed by atoms with Crippen molar-refractivity contribution in [3.63, 3.8) is 0 Å². The third-order valence-corrected chi connectivity index (χ3v) is 9.49. The average Bonchev–Trinajstić information content (AvgIpc) is 3.06. The van der Waals surface area contributed by atoms with E-state index in [9.17, 15) is 27.2 Å². The van der Waals surface area contributed by atoms with Gasteiger partial charge in [0.2, 0.25) is 5.88 Å². The predicted octanol–water partition coefficient (Wildman–Crippen LogP) is 4.20. The number of ether oxygens (including phenoxy) is 2. The normalized spacial score (nSPS) is 20.6. The minimum Gasteiger partial charge on any atom is -0.390 e. The van der Waals surface area contributed by atoms with Crippen LogP contribution < -0.4 is 15.7 Å². The molecule has 3 heterocycles. The number of nitrogens with one attached hydrogen (secondary N) is 1. The number of hydrogen-bond donors (Lipinski definition) is 2. The van der Waals surface area contributed by atoms with E-state index in [0.717, 1.165) is 22.8 Å². The summed E-state index contributed by atoms with van der Waals surface area (Å²) in [6, 6.07) is 3.19. The first-order valence-corrected chi connectivity index (χ1v) is 13.7. The van der Waals surface area contributed by atoms with Gasteiger partial charge >= 0.3 is 18.0 Å². The number of hydrogen-bond acceptors (Lipinski definition) is 6. The van der Waals surface area contributed by atoms with Gasteiger partial charge in [-0.25, -0.2) is 18.4 Å². The van der Waals surface area contributed by atoms with Crippen LogP contribution in [0.3, 0.4) is 0 Å². The van der Waals surface area contributed by atoms with Gasteiger partial charge in [0.15, 0.2) is 0 Å². The Balaban J connectivity index is 1.78. The van der Waals surface area contributed by atoms with E-state index >= 15 is 4.39 Å². The lowest BCUT2D eigenvalue weighted by atomic mass is 10.1. The molecule has 2 unspecified atom stereocenters. The number of halogens is 6. The molecule has 0 spiro atoms. The van der Waals surface area contributed by atoms with Crippen LogP contribution in [0.25, 0.3) is 10.9 Å². The minimum absolute atomic E-state index is 0.00184. The van der Waals surface area contributed by atoms with E-state index in [4.69, 9.17) is 21.1 Å². The minimum atomic E-state index is -4.85. The number of carbonyl (C=O) groups excluding carboxylic acids is 1. The summed E-state index contributed by atoms with van der Waals surface area (Å²) in [5.41, 5.74) is -2.01. The smallest absolute Gasteiger partial charge is 0.390 e. The van der Waals surface area contributed by atoms with Gasteiger partial charge in [0.25, 0.3) is 0 Å². The molecule has 15 heteroatoms. The summed E-state index contributed by atoms with van der Waals surface area (Å²) in [5, 5.41) is 2.40. The molecule has 1 aromatic heterocycles. The molecule has 8 nitrogen and oxygen atoms in total. The molecule has 210 valence electrons. The second-order valence-electron chi connectivity index (χ2n) is 8.99. The van der Waals surface area contributed by atoms with Crippen LogP contribution in [0.2, 0.25) is 5.02 Å². The van der Waals surface area contributed by atoms with E-state index in [1.165, 1.54) is 12.0 Å². The van der Waals surface area contributed by atoms with Crippen LogP contribution in [0.1, 0.15) is 5.56 Å². The summed E-state index contributed by atoms with van der Waals surface area (Å²) in [6.45, 7) is 1.44. The molecule has 0 aliphatic carbocycles. The molecule has 1 amide bonds. The van der Waals surface area contributed by atoms with Crippen molar-refractivity contribution in [2.45, 2.75) is 28.6 Å². The van der Waals surface area contributed by atoms with Crippen LogP contribution >= 0.6 is 22.5 Å². The van der Waals surface area contributed by atoms with Crippen LogP contribution in [0.4, 0.5) is 26.7 Å². The number of rotatable bonds is 3. The summed E-state index contributed by atoms with van der Waals surface area (Å²) in [4.78, 5) is 31.0. The SMILES string of the molecule is COC1Cn2c(=O)nc(OC(=O)N3CCNCC3)c3cc(C(F)(F)F)cc(c32)[SH](c2cc(Cl)c(F)cc2F)C1. The third kappa shape index (κ3) is 5.30. The second kappa shape index (κ2) is 10.6. The first kappa shape index (κ1) is 27.6. The van der Waals surface area contributed by atoms with Crippen molar-refractivity contribution in [3.8, 4) is 5.88 Å². The lowest BCUT2D eigenvalue weighted by Crippen LogP contribution is -2.47. The lowest BCUT2D eigenvalue weighted by Gasteiger charge is -2.27. The van der Waals surface area contributed by atoms with Gasteiger partial charge in [0.1, 0.15) is 11.6 Å². The molecule has 0 saturated carbocycles. The summed E-state index contributed by atoms with van der Waals surface area (Å²) >= 11 is 5.93. The zero-order valence-corrected chi connectivity index (χ0v) is 22.0. The van der Waals surface area contributed by atoms with Crippen LogP contribution in [-0.4, -0.2) is 65.7 Å². The Labute approximate surface area is 226 Å². The highest BCUT2D eigenvalue weighted by molar-refractivity contribution is 8.17. The van der Waals surface area contributed by atoms with Gasteiger partial charge in [-0.3, -0.25) is 4.57 Å². The maximum Gasteiger partial charge on any atom is 0.416 e. The number of thiol groups is 1. The van der Waals surface area contributed by atoms with Crippen LogP contribution in [0.15, 0.2) is 38.9 Å². The Hall–Kier alpha value is -2.94. The van der Waals surface area contributed by atoms with E-state index in [-0.39, 0.29) is 46.1 Å². The van der Waals surface area contributed by atoms with Gasteiger partial charge in [0, 0.05) is 54.9 Å².